The molecule has 0 bridgehead atoms. The van der Waals surface area contributed by atoms with Crippen LogP contribution in [-0.2, 0) is 0 Å². The van der Waals surface area contributed by atoms with Gasteiger partial charge in [0.1, 0.15) is 0 Å². The van der Waals surface area contributed by atoms with E-state index in [1.54, 1.807) is 6.20 Å². The van der Waals surface area contributed by atoms with Gasteiger partial charge in [-0.25, -0.2) is 0 Å². The number of aromatic nitrogens is 1. The summed E-state index contributed by atoms with van der Waals surface area (Å²) in [6.45, 7) is 0.242. The second kappa shape index (κ2) is 3.74. The third kappa shape index (κ3) is 1.60. The first-order chi connectivity index (χ1) is 6.81. The quantitative estimate of drug-likeness (QED) is 0.745. The van der Waals surface area contributed by atoms with Gasteiger partial charge < -0.3 is 10.8 Å². The Morgan fingerprint density at radius 1 is 1.36 bits per heavy atom. The Balaban J connectivity index is 2.51. The zero-order chi connectivity index (χ0) is 9.97. The molecule has 2 rings (SSSR count). The highest BCUT2D eigenvalue weighted by molar-refractivity contribution is 5.78. The van der Waals surface area contributed by atoms with Crippen molar-refractivity contribution in [3.05, 3.63) is 42.1 Å². The summed E-state index contributed by atoms with van der Waals surface area (Å²) in [4.78, 5) is 4.19. The lowest BCUT2D eigenvalue weighted by Crippen LogP contribution is -2.11. The molecule has 14 heavy (non-hydrogen) atoms. The summed E-state index contributed by atoms with van der Waals surface area (Å²) in [5.74, 6) is 0. The van der Waals surface area contributed by atoms with E-state index in [1.807, 2.05) is 30.3 Å². The molecule has 0 unspecified atom stereocenters. The van der Waals surface area contributed by atoms with Gasteiger partial charge in [-0.3, -0.25) is 4.98 Å². The Labute approximate surface area is 82.2 Å². The number of nitrogens with two attached hydrogens (primary N) is 1. The van der Waals surface area contributed by atoms with Crippen molar-refractivity contribution < 1.29 is 5.11 Å². The summed E-state index contributed by atoms with van der Waals surface area (Å²) in [5.41, 5.74) is 7.15. The molecule has 1 atom stereocenters. The number of pyridine rings is 1. The summed E-state index contributed by atoms with van der Waals surface area (Å²) >= 11 is 0. The molecular weight excluding hydrogens is 176 g/mol. The van der Waals surface area contributed by atoms with Crippen LogP contribution in [0.5, 0.6) is 0 Å². The lowest BCUT2D eigenvalue weighted by molar-refractivity contribution is 0.187. The molecule has 3 N–H and O–H groups in total. The van der Waals surface area contributed by atoms with E-state index < -0.39 is 6.10 Å². The van der Waals surface area contributed by atoms with Gasteiger partial charge in [-0.2, -0.15) is 0 Å². The van der Waals surface area contributed by atoms with Crippen LogP contribution in [0.1, 0.15) is 11.7 Å². The number of rotatable bonds is 2. The highest BCUT2D eigenvalue weighted by Gasteiger charge is 2.05. The molecule has 3 nitrogen and oxygen atoms in total. The molecule has 1 aromatic heterocycles. The van der Waals surface area contributed by atoms with Crippen molar-refractivity contribution in [2.24, 2.45) is 5.73 Å². The van der Waals surface area contributed by atoms with Crippen LogP contribution in [0, 0.1) is 0 Å². The van der Waals surface area contributed by atoms with Crippen molar-refractivity contribution in [2.45, 2.75) is 6.10 Å². The number of hydrogen-bond donors (Lipinski definition) is 2. The van der Waals surface area contributed by atoms with Gasteiger partial charge in [-0.05, 0) is 23.8 Å². The summed E-state index contributed by atoms with van der Waals surface area (Å²) < 4.78 is 0. The SMILES string of the molecule is NC[C@@H](O)c1ccc2ncccc2c1. The van der Waals surface area contributed by atoms with Crippen LogP contribution in [0.4, 0.5) is 0 Å². The molecule has 0 aliphatic heterocycles. The molecular formula is C11H12N2O. The van der Waals surface area contributed by atoms with Crippen molar-refractivity contribution in [1.29, 1.82) is 0 Å². The molecule has 1 heterocycles. The highest BCUT2D eigenvalue weighted by Crippen LogP contribution is 2.17. The molecule has 0 amide bonds. The van der Waals surface area contributed by atoms with Crippen molar-refractivity contribution in [2.75, 3.05) is 6.54 Å². The normalized spacial score (nSPS) is 13.0. The van der Waals surface area contributed by atoms with Gasteiger partial charge in [-0.1, -0.05) is 12.1 Å². The average molecular weight is 188 g/mol. The zero-order valence-corrected chi connectivity index (χ0v) is 7.72. The number of hydrogen-bond acceptors (Lipinski definition) is 3. The topological polar surface area (TPSA) is 59.1 Å². The minimum atomic E-state index is -0.584. The number of aliphatic hydroxyl groups is 1. The van der Waals surface area contributed by atoms with Crippen molar-refractivity contribution >= 4 is 10.9 Å². The molecule has 0 fully saturated rings. The van der Waals surface area contributed by atoms with Crippen LogP contribution >= 0.6 is 0 Å². The Hall–Kier alpha value is -1.45. The van der Waals surface area contributed by atoms with Crippen LogP contribution in [0.15, 0.2) is 36.5 Å². The molecule has 72 valence electrons. The van der Waals surface area contributed by atoms with E-state index in [0.29, 0.717) is 0 Å². The Kier molecular flexibility index (Phi) is 2.43. The molecule has 2 aromatic rings. The minimum absolute atomic E-state index is 0.242. The second-order valence-corrected chi connectivity index (χ2v) is 3.21. The van der Waals surface area contributed by atoms with E-state index in [9.17, 15) is 5.11 Å². The maximum absolute atomic E-state index is 9.54. The standard InChI is InChI=1S/C11H12N2O/c12-7-11(14)9-3-4-10-8(6-9)2-1-5-13-10/h1-6,11,14H,7,12H2/t11-/m1/s1. The van der Waals surface area contributed by atoms with Crippen molar-refractivity contribution in [1.82, 2.24) is 4.98 Å². The van der Waals surface area contributed by atoms with E-state index in [1.165, 1.54) is 0 Å². The third-order valence-corrected chi connectivity index (χ3v) is 2.24. The fourth-order valence-electron chi connectivity index (χ4n) is 1.44. The van der Waals surface area contributed by atoms with Gasteiger partial charge in [-0.15, -0.1) is 0 Å². The Bertz CT molecular complexity index is 442. The van der Waals surface area contributed by atoms with Crippen LogP contribution in [0.2, 0.25) is 0 Å². The number of fused-ring (bicyclic) bond motifs is 1. The van der Waals surface area contributed by atoms with Gasteiger partial charge in [0.15, 0.2) is 0 Å². The predicted molar refractivity (Wildman–Crippen MR) is 55.8 cm³/mol. The van der Waals surface area contributed by atoms with E-state index in [0.717, 1.165) is 16.5 Å². The summed E-state index contributed by atoms with van der Waals surface area (Å²) in [5, 5.41) is 10.6. The first-order valence-corrected chi connectivity index (χ1v) is 4.54. The van der Waals surface area contributed by atoms with E-state index in [4.69, 9.17) is 5.73 Å². The summed E-state index contributed by atoms with van der Waals surface area (Å²) in [6.07, 6.45) is 1.17. The molecule has 0 aliphatic carbocycles. The van der Waals surface area contributed by atoms with Crippen molar-refractivity contribution in [3.8, 4) is 0 Å². The monoisotopic (exact) mass is 188 g/mol. The first kappa shape index (κ1) is 9.12. The fourth-order valence-corrected chi connectivity index (χ4v) is 1.44. The van der Waals surface area contributed by atoms with Crippen LogP contribution in [0.25, 0.3) is 10.9 Å². The number of aliphatic hydroxyl groups excluding tert-OH is 1. The highest BCUT2D eigenvalue weighted by atomic mass is 16.3. The lowest BCUT2D eigenvalue weighted by Gasteiger charge is -2.08. The smallest absolute Gasteiger partial charge is 0.0912 e. The number of nitrogens with zero attached hydrogens (tertiary/aromatic N) is 1. The maximum Gasteiger partial charge on any atom is 0.0912 e. The first-order valence-electron chi connectivity index (χ1n) is 4.54. The molecule has 0 aliphatic rings. The average Bonchev–Trinajstić information content (AvgIpc) is 2.27. The van der Waals surface area contributed by atoms with Gasteiger partial charge in [0.2, 0.25) is 0 Å². The van der Waals surface area contributed by atoms with E-state index in [2.05, 4.69) is 4.98 Å². The molecule has 3 heteroatoms. The largest absolute Gasteiger partial charge is 0.387 e. The van der Waals surface area contributed by atoms with Crippen LogP contribution in [0.3, 0.4) is 0 Å². The van der Waals surface area contributed by atoms with Crippen LogP contribution in [-0.4, -0.2) is 16.6 Å². The maximum atomic E-state index is 9.54. The third-order valence-electron chi connectivity index (χ3n) is 2.24. The van der Waals surface area contributed by atoms with Crippen LogP contribution < -0.4 is 5.73 Å². The van der Waals surface area contributed by atoms with Crippen molar-refractivity contribution in [3.63, 3.8) is 0 Å². The molecule has 0 saturated carbocycles. The van der Waals surface area contributed by atoms with E-state index >= 15 is 0 Å². The molecule has 0 saturated heterocycles. The number of benzene rings is 1. The molecule has 0 spiro atoms. The second-order valence-electron chi connectivity index (χ2n) is 3.21. The Morgan fingerprint density at radius 2 is 2.21 bits per heavy atom. The van der Waals surface area contributed by atoms with Gasteiger partial charge in [0.05, 0.1) is 11.6 Å². The summed E-state index contributed by atoms with van der Waals surface area (Å²) in [6, 6.07) is 9.51. The van der Waals surface area contributed by atoms with Gasteiger partial charge in [0.25, 0.3) is 0 Å². The summed E-state index contributed by atoms with van der Waals surface area (Å²) in [7, 11) is 0. The van der Waals surface area contributed by atoms with E-state index in [-0.39, 0.29) is 6.54 Å². The lowest BCUT2D eigenvalue weighted by atomic mass is 10.1. The predicted octanol–water partition coefficient (Wildman–Crippen LogP) is 1.23. The fraction of sp³-hybridized carbons (Fsp3) is 0.182. The zero-order valence-electron chi connectivity index (χ0n) is 7.72. The Morgan fingerprint density at radius 3 is 3.00 bits per heavy atom. The van der Waals surface area contributed by atoms with Gasteiger partial charge >= 0.3 is 0 Å². The molecule has 1 aromatic carbocycles. The van der Waals surface area contributed by atoms with Gasteiger partial charge in [0, 0.05) is 18.1 Å². The molecule has 0 radical (unpaired) electrons. The minimum Gasteiger partial charge on any atom is -0.387 e.